The van der Waals surface area contributed by atoms with E-state index < -0.39 is 0 Å². The van der Waals surface area contributed by atoms with Crippen LogP contribution < -0.4 is 0 Å². The number of carbonyl (C=O) groups is 2. The topological polar surface area (TPSA) is 46.6 Å². The second-order valence-corrected chi connectivity index (χ2v) is 9.46. The lowest BCUT2D eigenvalue weighted by Gasteiger charge is -2.44. The number of benzene rings is 2. The fourth-order valence-corrected chi connectivity index (χ4v) is 5.00. The molecule has 0 unspecified atom stereocenters. The van der Waals surface area contributed by atoms with E-state index in [1.165, 1.54) is 27.3 Å². The zero-order valence-corrected chi connectivity index (χ0v) is 18.1. The number of allylic oxidation sites excluding steroid dienone is 1. The first-order valence-electron chi connectivity index (χ1n) is 11.0. The fourth-order valence-electron chi connectivity index (χ4n) is 5.00. The number of fused-ring (bicyclic) bond motifs is 1. The Morgan fingerprint density at radius 3 is 2.60 bits per heavy atom. The van der Waals surface area contributed by atoms with Gasteiger partial charge in [0.15, 0.2) is 5.78 Å². The first-order chi connectivity index (χ1) is 14.3. The van der Waals surface area contributed by atoms with Crippen molar-refractivity contribution in [1.82, 2.24) is 4.90 Å². The molecule has 1 heterocycles. The summed E-state index contributed by atoms with van der Waals surface area (Å²) in [6, 6.07) is 15.1. The minimum atomic E-state index is -0.336. The molecule has 4 rings (SSSR count). The Hall–Kier alpha value is -2.62. The lowest BCUT2D eigenvalue weighted by Crippen LogP contribution is -2.45. The maximum Gasteiger partial charge on any atom is 0.414 e. The average molecular weight is 406 g/mol. The Morgan fingerprint density at radius 2 is 1.87 bits per heavy atom. The predicted octanol–water partition coefficient (Wildman–Crippen LogP) is 5.85. The predicted molar refractivity (Wildman–Crippen MR) is 119 cm³/mol. The largest absolute Gasteiger partial charge is 0.446 e. The summed E-state index contributed by atoms with van der Waals surface area (Å²) in [5.41, 5.74) is 1.16. The van der Waals surface area contributed by atoms with E-state index >= 15 is 0 Å². The zero-order valence-electron chi connectivity index (χ0n) is 18.1. The van der Waals surface area contributed by atoms with E-state index in [0.29, 0.717) is 18.9 Å². The molecule has 1 aliphatic carbocycles. The molecule has 0 N–H and O–H groups in total. The molecule has 0 radical (unpaired) electrons. The van der Waals surface area contributed by atoms with Crippen LogP contribution in [0.15, 0.2) is 54.7 Å². The average Bonchev–Trinajstić information content (AvgIpc) is 2.73. The summed E-state index contributed by atoms with van der Waals surface area (Å²) in [7, 11) is 0. The molecule has 0 saturated heterocycles. The highest BCUT2D eigenvalue weighted by molar-refractivity contribution is 5.91. The number of carbonyl (C=O) groups excluding carboxylic acids is 2. The highest BCUT2D eigenvalue weighted by atomic mass is 16.6. The second kappa shape index (κ2) is 8.25. The first kappa shape index (κ1) is 20.6. The van der Waals surface area contributed by atoms with Gasteiger partial charge in [0, 0.05) is 25.1 Å². The molecule has 0 aromatic heterocycles. The van der Waals surface area contributed by atoms with Gasteiger partial charge in [0.2, 0.25) is 0 Å². The van der Waals surface area contributed by atoms with Gasteiger partial charge in [-0.3, -0.25) is 9.69 Å². The van der Waals surface area contributed by atoms with Crippen molar-refractivity contribution in [3.8, 4) is 0 Å². The molecule has 2 aliphatic rings. The number of ketones is 1. The Labute approximate surface area is 178 Å². The Kier molecular flexibility index (Phi) is 5.68. The van der Waals surface area contributed by atoms with Crippen molar-refractivity contribution < 1.29 is 14.3 Å². The lowest BCUT2D eigenvalue weighted by atomic mass is 9.64. The van der Waals surface area contributed by atoms with Gasteiger partial charge in [-0.15, -0.1) is 0 Å². The van der Waals surface area contributed by atoms with E-state index in [-0.39, 0.29) is 29.3 Å². The van der Waals surface area contributed by atoms with Crippen LogP contribution in [0.1, 0.15) is 52.0 Å². The number of hydrogen-bond donors (Lipinski definition) is 0. The SMILES string of the molecule is C[C@@H]1CC[C@@H](C(C)(C)c2ccc3ccccc3c2)[C@H](OC(=O)N2C=CC(=O)CC2)C1. The van der Waals surface area contributed by atoms with Crippen LogP contribution in [-0.4, -0.2) is 29.4 Å². The van der Waals surface area contributed by atoms with Crippen molar-refractivity contribution in [2.45, 2.75) is 58.0 Å². The van der Waals surface area contributed by atoms with E-state index in [4.69, 9.17) is 4.74 Å². The summed E-state index contributed by atoms with van der Waals surface area (Å²) in [6.07, 6.45) is 5.98. The summed E-state index contributed by atoms with van der Waals surface area (Å²) in [4.78, 5) is 25.8. The maximum absolute atomic E-state index is 12.8. The summed E-state index contributed by atoms with van der Waals surface area (Å²) in [5, 5.41) is 2.48. The summed E-state index contributed by atoms with van der Waals surface area (Å²) in [5.74, 6) is 0.833. The number of ether oxygens (including phenoxy) is 1. The number of nitrogens with zero attached hydrogens (tertiary/aromatic N) is 1. The van der Waals surface area contributed by atoms with Gasteiger partial charge < -0.3 is 4.74 Å². The van der Waals surface area contributed by atoms with Crippen molar-refractivity contribution in [3.05, 3.63) is 60.3 Å². The van der Waals surface area contributed by atoms with Gasteiger partial charge >= 0.3 is 6.09 Å². The number of hydrogen-bond acceptors (Lipinski definition) is 3. The van der Waals surface area contributed by atoms with Crippen LogP contribution in [0.4, 0.5) is 4.79 Å². The zero-order chi connectivity index (χ0) is 21.3. The van der Waals surface area contributed by atoms with Crippen LogP contribution in [0.25, 0.3) is 10.8 Å². The second-order valence-electron chi connectivity index (χ2n) is 9.46. The molecule has 158 valence electrons. The molecule has 4 heteroatoms. The number of rotatable bonds is 3. The van der Waals surface area contributed by atoms with Crippen molar-refractivity contribution in [2.24, 2.45) is 11.8 Å². The van der Waals surface area contributed by atoms with E-state index in [2.05, 4.69) is 63.2 Å². The Morgan fingerprint density at radius 1 is 1.10 bits per heavy atom. The highest BCUT2D eigenvalue weighted by Crippen LogP contribution is 2.44. The molecule has 30 heavy (non-hydrogen) atoms. The molecule has 1 saturated carbocycles. The van der Waals surface area contributed by atoms with Gasteiger partial charge in [-0.1, -0.05) is 69.7 Å². The molecule has 3 atom stereocenters. The third kappa shape index (κ3) is 4.14. The molecular formula is C26H31NO3. The quantitative estimate of drug-likeness (QED) is 0.644. The molecule has 1 amide bonds. The van der Waals surface area contributed by atoms with E-state index in [1.54, 1.807) is 6.20 Å². The minimum absolute atomic E-state index is 0.0562. The van der Waals surface area contributed by atoms with Crippen LogP contribution in [0.2, 0.25) is 0 Å². The van der Waals surface area contributed by atoms with Crippen molar-refractivity contribution in [3.63, 3.8) is 0 Å². The van der Waals surface area contributed by atoms with Crippen LogP contribution in [0, 0.1) is 11.8 Å². The standard InChI is InChI=1S/C26H31NO3/c1-18-8-11-23(24(16-18)30-25(29)27-14-12-22(28)13-15-27)26(2,3)21-10-9-19-6-4-5-7-20(19)17-21/h4-7,9-10,12,14,17-18,23-24H,8,11,13,15-16H2,1-3H3/t18-,23-,24-/m1/s1. The lowest BCUT2D eigenvalue weighted by molar-refractivity contribution is -0.115. The van der Waals surface area contributed by atoms with Gasteiger partial charge in [0.1, 0.15) is 6.10 Å². The Bertz CT molecular complexity index is 977. The van der Waals surface area contributed by atoms with Gasteiger partial charge in [-0.2, -0.15) is 0 Å². The van der Waals surface area contributed by atoms with Crippen LogP contribution in [-0.2, 0) is 14.9 Å². The third-order valence-corrected chi connectivity index (χ3v) is 7.00. The molecule has 4 nitrogen and oxygen atoms in total. The molecular weight excluding hydrogens is 374 g/mol. The van der Waals surface area contributed by atoms with Crippen molar-refractivity contribution in [2.75, 3.05) is 6.54 Å². The summed E-state index contributed by atoms with van der Waals surface area (Å²) >= 11 is 0. The van der Waals surface area contributed by atoms with Gasteiger partial charge in [-0.25, -0.2) is 4.79 Å². The molecule has 2 aromatic rings. The molecule has 1 aliphatic heterocycles. The Balaban J connectivity index is 1.58. The summed E-state index contributed by atoms with van der Waals surface area (Å²) < 4.78 is 6.07. The van der Waals surface area contributed by atoms with Crippen LogP contribution >= 0.6 is 0 Å². The molecule has 1 fully saturated rings. The van der Waals surface area contributed by atoms with Gasteiger partial charge in [-0.05, 0) is 46.6 Å². The normalized spacial score (nSPS) is 24.8. The van der Waals surface area contributed by atoms with Crippen LogP contribution in [0.5, 0.6) is 0 Å². The fraction of sp³-hybridized carbons (Fsp3) is 0.462. The smallest absolute Gasteiger partial charge is 0.414 e. The van der Waals surface area contributed by atoms with Crippen molar-refractivity contribution in [1.29, 1.82) is 0 Å². The van der Waals surface area contributed by atoms with Crippen molar-refractivity contribution >= 4 is 22.6 Å². The molecule has 2 aromatic carbocycles. The first-order valence-corrected chi connectivity index (χ1v) is 11.0. The maximum atomic E-state index is 12.8. The van der Waals surface area contributed by atoms with Gasteiger partial charge in [0.05, 0.1) is 0 Å². The third-order valence-electron chi connectivity index (χ3n) is 7.00. The van der Waals surface area contributed by atoms with E-state index in [1.807, 2.05) is 0 Å². The molecule has 0 bridgehead atoms. The van der Waals surface area contributed by atoms with Crippen LogP contribution in [0.3, 0.4) is 0 Å². The molecule has 0 spiro atoms. The monoisotopic (exact) mass is 405 g/mol. The highest BCUT2D eigenvalue weighted by Gasteiger charge is 2.42. The number of amides is 1. The minimum Gasteiger partial charge on any atom is -0.446 e. The van der Waals surface area contributed by atoms with Gasteiger partial charge in [0.25, 0.3) is 0 Å². The van der Waals surface area contributed by atoms with E-state index in [0.717, 1.165) is 19.3 Å². The summed E-state index contributed by atoms with van der Waals surface area (Å²) in [6.45, 7) is 7.19. The van der Waals surface area contributed by atoms with E-state index in [9.17, 15) is 9.59 Å².